The number of hydrogen-bond acceptors (Lipinski definition) is 1. The summed E-state index contributed by atoms with van der Waals surface area (Å²) in [4.78, 5) is 2.82. The van der Waals surface area contributed by atoms with Gasteiger partial charge in [-0.3, -0.25) is 0 Å². The Labute approximate surface area is 90.1 Å². The molecule has 2 aromatic rings. The van der Waals surface area contributed by atoms with Gasteiger partial charge in [0.15, 0.2) is 11.6 Å². The fourth-order valence-corrected chi connectivity index (χ4v) is 1.35. The van der Waals surface area contributed by atoms with Crippen molar-refractivity contribution in [2.24, 2.45) is 0 Å². The number of hydrogen-bond donors (Lipinski definition) is 2. The predicted octanol–water partition coefficient (Wildman–Crippen LogP) is 3.04. The molecule has 0 radical (unpaired) electrons. The molecule has 0 unspecified atom stereocenters. The first-order chi connectivity index (χ1) is 7.66. The molecule has 0 aliphatic rings. The van der Waals surface area contributed by atoms with E-state index < -0.39 is 17.5 Å². The number of benzene rings is 1. The van der Waals surface area contributed by atoms with Crippen LogP contribution in [0, 0.1) is 17.5 Å². The predicted molar refractivity (Wildman–Crippen MR) is 54.4 cm³/mol. The molecule has 0 fully saturated rings. The molecule has 1 heterocycles. The Morgan fingerprint density at radius 1 is 1.19 bits per heavy atom. The van der Waals surface area contributed by atoms with Crippen LogP contribution in [0.2, 0.25) is 0 Å². The van der Waals surface area contributed by atoms with Gasteiger partial charge < -0.3 is 10.3 Å². The van der Waals surface area contributed by atoms with E-state index in [2.05, 4.69) is 10.3 Å². The Morgan fingerprint density at radius 3 is 2.69 bits per heavy atom. The maximum atomic E-state index is 13.2. The minimum atomic E-state index is -1.20. The highest BCUT2D eigenvalue weighted by molar-refractivity contribution is 5.45. The summed E-state index contributed by atoms with van der Waals surface area (Å²) in [6.07, 6.45) is 3.42. The molecule has 0 atom stereocenters. The summed E-state index contributed by atoms with van der Waals surface area (Å²) in [5.41, 5.74) is 0.683. The van der Waals surface area contributed by atoms with Crippen LogP contribution in [-0.2, 0) is 6.54 Å². The first-order valence-electron chi connectivity index (χ1n) is 4.67. The zero-order chi connectivity index (χ0) is 11.5. The lowest BCUT2D eigenvalue weighted by molar-refractivity contribution is 0.497. The number of aromatic amines is 1. The van der Waals surface area contributed by atoms with E-state index in [0.717, 1.165) is 11.6 Å². The van der Waals surface area contributed by atoms with Crippen LogP contribution in [0.5, 0.6) is 0 Å². The second kappa shape index (κ2) is 4.30. The lowest BCUT2D eigenvalue weighted by Gasteiger charge is -2.07. The van der Waals surface area contributed by atoms with E-state index in [1.54, 1.807) is 18.5 Å². The molecule has 1 aromatic heterocycles. The van der Waals surface area contributed by atoms with Crippen LogP contribution in [0.3, 0.4) is 0 Å². The third-order valence-corrected chi connectivity index (χ3v) is 2.14. The zero-order valence-corrected chi connectivity index (χ0v) is 8.23. The molecule has 5 heteroatoms. The van der Waals surface area contributed by atoms with E-state index in [0.29, 0.717) is 12.6 Å². The molecule has 84 valence electrons. The summed E-state index contributed by atoms with van der Waals surface area (Å²) in [5.74, 6) is -3.08. The Balaban J connectivity index is 2.15. The highest BCUT2D eigenvalue weighted by Crippen LogP contribution is 2.19. The summed E-state index contributed by atoms with van der Waals surface area (Å²) in [7, 11) is 0. The lowest BCUT2D eigenvalue weighted by atomic mass is 10.2. The number of H-pyrrole nitrogens is 1. The molecule has 0 saturated heterocycles. The molecule has 2 N–H and O–H groups in total. The number of rotatable bonds is 3. The summed E-state index contributed by atoms with van der Waals surface area (Å²) in [5, 5.41) is 2.62. The minimum Gasteiger partial charge on any atom is -0.378 e. The summed E-state index contributed by atoms with van der Waals surface area (Å²) < 4.78 is 38.9. The molecule has 0 bridgehead atoms. The molecule has 0 amide bonds. The van der Waals surface area contributed by atoms with Crippen molar-refractivity contribution in [3.05, 3.63) is 53.6 Å². The largest absolute Gasteiger partial charge is 0.378 e. The maximum absolute atomic E-state index is 13.2. The second-order valence-corrected chi connectivity index (χ2v) is 3.32. The normalized spacial score (nSPS) is 10.4. The van der Waals surface area contributed by atoms with Crippen LogP contribution in [0.1, 0.15) is 5.56 Å². The van der Waals surface area contributed by atoms with Crippen LogP contribution < -0.4 is 5.32 Å². The quantitative estimate of drug-likeness (QED) is 0.773. The molecule has 0 spiro atoms. The SMILES string of the molecule is Fc1cc(F)c(F)c(NCc2cc[nH]c2)c1. The smallest absolute Gasteiger partial charge is 0.182 e. The zero-order valence-electron chi connectivity index (χ0n) is 8.23. The maximum Gasteiger partial charge on any atom is 0.182 e. The van der Waals surface area contributed by atoms with E-state index in [4.69, 9.17) is 0 Å². The molecule has 2 rings (SSSR count). The van der Waals surface area contributed by atoms with Gasteiger partial charge in [0, 0.05) is 31.1 Å². The Hall–Kier alpha value is -1.91. The molecule has 2 nitrogen and oxygen atoms in total. The molecule has 0 saturated carbocycles. The lowest BCUT2D eigenvalue weighted by Crippen LogP contribution is -2.02. The number of aromatic nitrogens is 1. The Morgan fingerprint density at radius 2 is 2.00 bits per heavy atom. The summed E-state index contributed by atoms with van der Waals surface area (Å²) in [6, 6.07) is 3.21. The van der Waals surface area contributed by atoms with E-state index >= 15 is 0 Å². The van der Waals surface area contributed by atoms with Gasteiger partial charge in [-0.15, -0.1) is 0 Å². The van der Waals surface area contributed by atoms with E-state index in [1.807, 2.05) is 0 Å². The summed E-state index contributed by atoms with van der Waals surface area (Å²) >= 11 is 0. The van der Waals surface area contributed by atoms with Crippen LogP contribution in [0.4, 0.5) is 18.9 Å². The average Bonchev–Trinajstić information content (AvgIpc) is 2.74. The van der Waals surface area contributed by atoms with Crippen molar-refractivity contribution in [2.75, 3.05) is 5.32 Å². The van der Waals surface area contributed by atoms with Gasteiger partial charge in [0.25, 0.3) is 0 Å². The Bertz CT molecular complexity index is 480. The van der Waals surface area contributed by atoms with Crippen molar-refractivity contribution >= 4 is 5.69 Å². The molecule has 0 aliphatic heterocycles. The fraction of sp³-hybridized carbons (Fsp3) is 0.0909. The van der Waals surface area contributed by atoms with Crippen molar-refractivity contribution in [1.82, 2.24) is 4.98 Å². The van der Waals surface area contributed by atoms with E-state index in [-0.39, 0.29) is 5.69 Å². The summed E-state index contributed by atoms with van der Waals surface area (Å²) in [6.45, 7) is 0.295. The molecule has 1 aromatic carbocycles. The van der Waals surface area contributed by atoms with Gasteiger partial charge in [-0.25, -0.2) is 13.2 Å². The van der Waals surface area contributed by atoms with Gasteiger partial charge in [-0.1, -0.05) is 0 Å². The van der Waals surface area contributed by atoms with Crippen molar-refractivity contribution in [3.63, 3.8) is 0 Å². The van der Waals surface area contributed by atoms with E-state index in [1.165, 1.54) is 0 Å². The Kier molecular flexibility index (Phi) is 2.85. The topological polar surface area (TPSA) is 27.8 Å². The van der Waals surface area contributed by atoms with Crippen LogP contribution in [0.15, 0.2) is 30.6 Å². The van der Waals surface area contributed by atoms with Crippen LogP contribution >= 0.6 is 0 Å². The number of nitrogens with one attached hydrogen (secondary N) is 2. The number of anilines is 1. The van der Waals surface area contributed by atoms with Crippen molar-refractivity contribution in [3.8, 4) is 0 Å². The molecule has 0 aliphatic carbocycles. The molecule has 16 heavy (non-hydrogen) atoms. The van der Waals surface area contributed by atoms with Gasteiger partial charge in [-0.05, 0) is 11.6 Å². The van der Waals surface area contributed by atoms with Gasteiger partial charge in [0.1, 0.15) is 5.82 Å². The average molecular weight is 226 g/mol. The number of halogens is 3. The van der Waals surface area contributed by atoms with Crippen molar-refractivity contribution in [1.29, 1.82) is 0 Å². The van der Waals surface area contributed by atoms with Crippen molar-refractivity contribution in [2.45, 2.75) is 6.54 Å². The molecular formula is C11H9F3N2. The first kappa shape index (κ1) is 10.6. The first-order valence-corrected chi connectivity index (χ1v) is 4.67. The van der Waals surface area contributed by atoms with Gasteiger partial charge in [0.05, 0.1) is 5.69 Å². The fourth-order valence-electron chi connectivity index (χ4n) is 1.35. The van der Waals surface area contributed by atoms with E-state index in [9.17, 15) is 13.2 Å². The highest BCUT2D eigenvalue weighted by Gasteiger charge is 2.10. The standard InChI is InChI=1S/C11H9F3N2/c12-8-3-9(13)11(14)10(4-8)16-6-7-1-2-15-5-7/h1-5,15-16H,6H2. The third kappa shape index (κ3) is 2.18. The van der Waals surface area contributed by atoms with Crippen molar-refractivity contribution < 1.29 is 13.2 Å². The van der Waals surface area contributed by atoms with Gasteiger partial charge in [0.2, 0.25) is 0 Å². The second-order valence-electron chi connectivity index (χ2n) is 3.32. The monoisotopic (exact) mass is 226 g/mol. The molecular weight excluding hydrogens is 217 g/mol. The van der Waals surface area contributed by atoms with Gasteiger partial charge in [-0.2, -0.15) is 0 Å². The van der Waals surface area contributed by atoms with Crippen LogP contribution in [-0.4, -0.2) is 4.98 Å². The van der Waals surface area contributed by atoms with Crippen LogP contribution in [0.25, 0.3) is 0 Å². The highest BCUT2D eigenvalue weighted by atomic mass is 19.2. The van der Waals surface area contributed by atoms with Gasteiger partial charge >= 0.3 is 0 Å². The minimum absolute atomic E-state index is 0.182. The third-order valence-electron chi connectivity index (χ3n) is 2.14.